The smallest absolute Gasteiger partial charge is 0.158 e. The number of imidazole rings is 1. The highest BCUT2D eigenvalue weighted by Crippen LogP contribution is 2.14. The highest BCUT2D eigenvalue weighted by Gasteiger charge is 2.07. The third-order valence-electron chi connectivity index (χ3n) is 2.50. The standard InChI is InChI=1S/C12H16N4O/c1-3-11-13-5-4-10(15-11)12-14-6-7-16(12)8-9-17-2/h4-7H,3,8-9H2,1-2H3. The minimum atomic E-state index is 0.662. The highest BCUT2D eigenvalue weighted by molar-refractivity contribution is 5.48. The molecule has 0 aliphatic carbocycles. The fourth-order valence-corrected chi connectivity index (χ4v) is 1.61. The molecule has 0 aliphatic rings. The molecule has 0 atom stereocenters. The van der Waals surface area contributed by atoms with E-state index in [0.29, 0.717) is 6.61 Å². The fraction of sp³-hybridized carbons (Fsp3) is 0.417. The van der Waals surface area contributed by atoms with E-state index in [2.05, 4.69) is 15.0 Å². The summed E-state index contributed by atoms with van der Waals surface area (Å²) in [6, 6.07) is 1.88. The van der Waals surface area contributed by atoms with Gasteiger partial charge >= 0.3 is 0 Å². The van der Waals surface area contributed by atoms with E-state index in [1.54, 1.807) is 19.5 Å². The molecule has 0 bridgehead atoms. The molecule has 0 unspecified atom stereocenters. The highest BCUT2D eigenvalue weighted by atomic mass is 16.5. The molecule has 5 heteroatoms. The van der Waals surface area contributed by atoms with E-state index in [1.165, 1.54) is 0 Å². The lowest BCUT2D eigenvalue weighted by molar-refractivity contribution is 0.187. The number of aromatic nitrogens is 4. The molecular weight excluding hydrogens is 216 g/mol. The predicted molar refractivity (Wildman–Crippen MR) is 64.5 cm³/mol. The summed E-state index contributed by atoms with van der Waals surface area (Å²) in [4.78, 5) is 13.0. The van der Waals surface area contributed by atoms with Crippen LogP contribution in [0.3, 0.4) is 0 Å². The first-order valence-corrected chi connectivity index (χ1v) is 5.67. The van der Waals surface area contributed by atoms with Crippen LogP contribution in [0.2, 0.25) is 0 Å². The van der Waals surface area contributed by atoms with Crippen molar-refractivity contribution in [3.63, 3.8) is 0 Å². The number of ether oxygens (including phenoxy) is 1. The molecule has 90 valence electrons. The lowest BCUT2D eigenvalue weighted by Gasteiger charge is -2.07. The molecule has 0 aromatic carbocycles. The number of hydrogen-bond acceptors (Lipinski definition) is 4. The zero-order valence-corrected chi connectivity index (χ0v) is 10.1. The molecule has 0 amide bonds. The second-order valence-electron chi connectivity index (χ2n) is 3.65. The van der Waals surface area contributed by atoms with Gasteiger partial charge in [-0.3, -0.25) is 0 Å². The second kappa shape index (κ2) is 5.54. The van der Waals surface area contributed by atoms with Crippen LogP contribution in [0, 0.1) is 0 Å². The maximum Gasteiger partial charge on any atom is 0.158 e. The summed E-state index contributed by atoms with van der Waals surface area (Å²) in [6.07, 6.45) is 6.31. The van der Waals surface area contributed by atoms with E-state index in [1.807, 2.05) is 23.8 Å². The summed E-state index contributed by atoms with van der Waals surface area (Å²) in [6.45, 7) is 3.48. The summed E-state index contributed by atoms with van der Waals surface area (Å²) < 4.78 is 7.10. The molecule has 2 aromatic rings. The van der Waals surface area contributed by atoms with Crippen molar-refractivity contribution in [2.24, 2.45) is 0 Å². The molecule has 2 aromatic heterocycles. The SMILES string of the molecule is CCc1nccc(-c2nccn2CCOC)n1. The van der Waals surface area contributed by atoms with E-state index in [9.17, 15) is 0 Å². The van der Waals surface area contributed by atoms with Crippen molar-refractivity contribution in [3.8, 4) is 11.5 Å². The topological polar surface area (TPSA) is 52.8 Å². The molecule has 0 radical (unpaired) electrons. The maximum atomic E-state index is 5.07. The van der Waals surface area contributed by atoms with Crippen molar-refractivity contribution in [1.29, 1.82) is 0 Å². The predicted octanol–water partition coefficient (Wildman–Crippen LogP) is 1.55. The van der Waals surface area contributed by atoms with Gasteiger partial charge in [0.25, 0.3) is 0 Å². The zero-order chi connectivity index (χ0) is 12.1. The van der Waals surface area contributed by atoms with E-state index in [0.717, 1.165) is 30.3 Å². The van der Waals surface area contributed by atoms with Crippen molar-refractivity contribution in [1.82, 2.24) is 19.5 Å². The number of nitrogens with zero attached hydrogens (tertiary/aromatic N) is 4. The van der Waals surface area contributed by atoms with Gasteiger partial charge in [-0.05, 0) is 6.07 Å². The Morgan fingerprint density at radius 1 is 1.29 bits per heavy atom. The second-order valence-corrected chi connectivity index (χ2v) is 3.65. The van der Waals surface area contributed by atoms with Crippen molar-refractivity contribution in [2.45, 2.75) is 19.9 Å². The van der Waals surface area contributed by atoms with Crippen LogP contribution in [0.5, 0.6) is 0 Å². The molecule has 0 spiro atoms. The molecule has 0 aliphatic heterocycles. The van der Waals surface area contributed by atoms with Crippen molar-refractivity contribution in [2.75, 3.05) is 13.7 Å². The summed E-state index contributed by atoms with van der Waals surface area (Å²) >= 11 is 0. The molecule has 5 nitrogen and oxygen atoms in total. The lowest BCUT2D eigenvalue weighted by Crippen LogP contribution is -2.06. The van der Waals surface area contributed by atoms with Gasteiger partial charge in [0.05, 0.1) is 6.61 Å². The Balaban J connectivity index is 2.28. The Kier molecular flexibility index (Phi) is 3.82. The third-order valence-corrected chi connectivity index (χ3v) is 2.50. The van der Waals surface area contributed by atoms with Crippen LogP contribution in [0.4, 0.5) is 0 Å². The van der Waals surface area contributed by atoms with Crippen molar-refractivity contribution in [3.05, 3.63) is 30.5 Å². The first kappa shape index (κ1) is 11.7. The number of aryl methyl sites for hydroxylation is 1. The molecule has 2 rings (SSSR count). The maximum absolute atomic E-state index is 5.07. The quantitative estimate of drug-likeness (QED) is 0.784. The molecule has 2 heterocycles. The summed E-state index contributed by atoms with van der Waals surface area (Å²) in [7, 11) is 1.69. The molecule has 0 N–H and O–H groups in total. The monoisotopic (exact) mass is 232 g/mol. The van der Waals surface area contributed by atoms with Gasteiger partial charge in [0, 0.05) is 38.7 Å². The van der Waals surface area contributed by atoms with Gasteiger partial charge in [-0.2, -0.15) is 0 Å². The first-order valence-electron chi connectivity index (χ1n) is 5.67. The average Bonchev–Trinajstić information content (AvgIpc) is 2.84. The van der Waals surface area contributed by atoms with Gasteiger partial charge in [0.2, 0.25) is 0 Å². The normalized spacial score (nSPS) is 10.7. The van der Waals surface area contributed by atoms with E-state index >= 15 is 0 Å². The Bertz CT molecular complexity index is 481. The van der Waals surface area contributed by atoms with Gasteiger partial charge in [0.1, 0.15) is 11.5 Å². The van der Waals surface area contributed by atoms with Crippen molar-refractivity contribution < 1.29 is 4.74 Å². The Morgan fingerprint density at radius 2 is 2.18 bits per heavy atom. The van der Waals surface area contributed by atoms with Gasteiger partial charge in [-0.15, -0.1) is 0 Å². The van der Waals surface area contributed by atoms with Crippen LogP contribution < -0.4 is 0 Å². The van der Waals surface area contributed by atoms with Crippen molar-refractivity contribution >= 4 is 0 Å². The van der Waals surface area contributed by atoms with Crippen LogP contribution in [0.1, 0.15) is 12.7 Å². The zero-order valence-electron chi connectivity index (χ0n) is 10.1. The Hall–Kier alpha value is -1.75. The van der Waals surface area contributed by atoms with Gasteiger partial charge in [-0.25, -0.2) is 15.0 Å². The Labute approximate surface area is 101 Å². The Morgan fingerprint density at radius 3 is 2.94 bits per heavy atom. The van der Waals surface area contributed by atoms with Gasteiger partial charge in [0.15, 0.2) is 5.82 Å². The fourth-order valence-electron chi connectivity index (χ4n) is 1.61. The van der Waals surface area contributed by atoms with Crippen LogP contribution >= 0.6 is 0 Å². The number of methoxy groups -OCH3 is 1. The minimum Gasteiger partial charge on any atom is -0.383 e. The lowest BCUT2D eigenvalue weighted by atomic mass is 10.3. The molecule has 0 fully saturated rings. The number of rotatable bonds is 5. The van der Waals surface area contributed by atoms with Crippen LogP contribution in [0.25, 0.3) is 11.5 Å². The first-order chi connectivity index (χ1) is 8.35. The van der Waals surface area contributed by atoms with Crippen LogP contribution in [-0.4, -0.2) is 33.2 Å². The van der Waals surface area contributed by atoms with Crippen LogP contribution in [0.15, 0.2) is 24.7 Å². The van der Waals surface area contributed by atoms with E-state index in [-0.39, 0.29) is 0 Å². The average molecular weight is 232 g/mol. The van der Waals surface area contributed by atoms with E-state index < -0.39 is 0 Å². The van der Waals surface area contributed by atoms with Crippen LogP contribution in [-0.2, 0) is 17.7 Å². The minimum absolute atomic E-state index is 0.662. The third kappa shape index (κ3) is 2.68. The molecular formula is C12H16N4O. The summed E-state index contributed by atoms with van der Waals surface area (Å²) in [5, 5.41) is 0. The molecule has 17 heavy (non-hydrogen) atoms. The molecule has 0 saturated carbocycles. The van der Waals surface area contributed by atoms with Gasteiger partial charge in [-0.1, -0.05) is 6.92 Å². The van der Waals surface area contributed by atoms with E-state index in [4.69, 9.17) is 4.74 Å². The number of hydrogen-bond donors (Lipinski definition) is 0. The summed E-state index contributed by atoms with van der Waals surface area (Å²) in [5.74, 6) is 1.70. The van der Waals surface area contributed by atoms with Gasteiger partial charge < -0.3 is 9.30 Å². The largest absolute Gasteiger partial charge is 0.383 e. The molecule has 0 saturated heterocycles. The summed E-state index contributed by atoms with van der Waals surface area (Å²) in [5.41, 5.74) is 0.859.